The van der Waals surface area contributed by atoms with Crippen molar-refractivity contribution >= 4 is 9.84 Å². The number of sulfone groups is 1. The van der Waals surface area contributed by atoms with Gasteiger partial charge in [-0.05, 0) is 25.3 Å². The van der Waals surface area contributed by atoms with Gasteiger partial charge in [-0.3, -0.25) is 0 Å². The van der Waals surface area contributed by atoms with Crippen molar-refractivity contribution in [1.29, 1.82) is 0 Å². The number of aryl methyl sites for hydroxylation is 1. The van der Waals surface area contributed by atoms with Crippen LogP contribution in [0.25, 0.3) is 0 Å². The lowest BCUT2D eigenvalue weighted by atomic mass is 9.97. The van der Waals surface area contributed by atoms with Crippen molar-refractivity contribution in [3.8, 4) is 0 Å². The van der Waals surface area contributed by atoms with Crippen LogP contribution >= 0.6 is 0 Å². The molecule has 1 fully saturated rings. The van der Waals surface area contributed by atoms with Gasteiger partial charge in [-0.15, -0.1) is 0 Å². The summed E-state index contributed by atoms with van der Waals surface area (Å²) in [5.41, 5.74) is 0. The summed E-state index contributed by atoms with van der Waals surface area (Å²) in [5.74, 6) is 2.06. The van der Waals surface area contributed by atoms with Crippen LogP contribution in [0.15, 0.2) is 12.4 Å². The van der Waals surface area contributed by atoms with Crippen LogP contribution in [0.5, 0.6) is 0 Å². The van der Waals surface area contributed by atoms with Crippen LogP contribution in [0.2, 0.25) is 0 Å². The van der Waals surface area contributed by atoms with Gasteiger partial charge in [0.1, 0.15) is 5.82 Å². The molecule has 6 heteroatoms. The topological polar surface area (TPSA) is 64.0 Å². The van der Waals surface area contributed by atoms with Crippen molar-refractivity contribution in [2.75, 3.05) is 18.1 Å². The Labute approximate surface area is 115 Å². The van der Waals surface area contributed by atoms with Crippen LogP contribution in [0, 0.1) is 5.92 Å². The second-order valence-corrected chi connectivity index (χ2v) is 7.65. The lowest BCUT2D eigenvalue weighted by molar-refractivity contribution is 0.401. The van der Waals surface area contributed by atoms with Gasteiger partial charge in [0.05, 0.1) is 11.5 Å². The number of imidazole rings is 1. The molecule has 0 aliphatic carbocycles. The first kappa shape index (κ1) is 14.5. The van der Waals surface area contributed by atoms with Crippen LogP contribution in [0.3, 0.4) is 0 Å². The van der Waals surface area contributed by atoms with Crippen molar-refractivity contribution < 1.29 is 8.42 Å². The van der Waals surface area contributed by atoms with Gasteiger partial charge in [-0.25, -0.2) is 13.4 Å². The number of nitrogens with zero attached hydrogens (tertiary/aromatic N) is 2. The van der Waals surface area contributed by atoms with Gasteiger partial charge in [-0.2, -0.15) is 0 Å². The normalized spacial score (nSPS) is 23.6. The molecular weight excluding hydrogens is 262 g/mol. The Kier molecular flexibility index (Phi) is 4.62. The summed E-state index contributed by atoms with van der Waals surface area (Å²) in [4.78, 5) is 4.35. The Morgan fingerprint density at radius 3 is 2.89 bits per heavy atom. The molecule has 108 valence electrons. The monoisotopic (exact) mass is 285 g/mol. The van der Waals surface area contributed by atoms with E-state index in [1.807, 2.05) is 17.8 Å². The van der Waals surface area contributed by atoms with Crippen LogP contribution < -0.4 is 5.32 Å². The minimum atomic E-state index is -2.77. The fourth-order valence-electron chi connectivity index (χ4n) is 2.80. The highest BCUT2D eigenvalue weighted by Gasteiger charge is 2.29. The van der Waals surface area contributed by atoms with Gasteiger partial charge in [0.25, 0.3) is 0 Å². The third-order valence-electron chi connectivity index (χ3n) is 3.79. The predicted octanol–water partition coefficient (Wildman–Crippen LogP) is 0.766. The largest absolute Gasteiger partial charge is 0.338 e. The summed E-state index contributed by atoms with van der Waals surface area (Å²) in [6, 6.07) is 0.310. The van der Waals surface area contributed by atoms with Crippen LogP contribution in [-0.4, -0.2) is 42.1 Å². The van der Waals surface area contributed by atoms with Gasteiger partial charge in [0.2, 0.25) is 0 Å². The highest BCUT2D eigenvalue weighted by molar-refractivity contribution is 7.91. The third-order valence-corrected chi connectivity index (χ3v) is 5.62. The molecule has 2 rings (SSSR count). The summed E-state index contributed by atoms with van der Waals surface area (Å²) in [6.45, 7) is 2.98. The van der Waals surface area contributed by atoms with E-state index in [4.69, 9.17) is 0 Å². The lowest BCUT2D eigenvalue weighted by Crippen LogP contribution is -2.34. The first-order chi connectivity index (χ1) is 9.00. The molecule has 2 unspecified atom stereocenters. The second kappa shape index (κ2) is 6.05. The predicted molar refractivity (Wildman–Crippen MR) is 75.8 cm³/mol. The molecule has 0 amide bonds. The molecule has 1 aliphatic rings. The summed E-state index contributed by atoms with van der Waals surface area (Å²) < 4.78 is 25.1. The quantitative estimate of drug-likeness (QED) is 0.838. The van der Waals surface area contributed by atoms with Crippen molar-refractivity contribution in [3.63, 3.8) is 0 Å². The molecule has 5 nitrogen and oxygen atoms in total. The molecule has 0 bridgehead atoms. The lowest BCUT2D eigenvalue weighted by Gasteiger charge is -2.20. The minimum Gasteiger partial charge on any atom is -0.338 e. The van der Waals surface area contributed by atoms with Gasteiger partial charge >= 0.3 is 0 Å². The minimum absolute atomic E-state index is 0.300. The zero-order valence-electron chi connectivity index (χ0n) is 11.7. The molecule has 0 spiro atoms. The molecule has 0 radical (unpaired) electrons. The van der Waals surface area contributed by atoms with Crippen molar-refractivity contribution in [1.82, 2.24) is 14.9 Å². The number of nitrogens with one attached hydrogen (secondary N) is 1. The first-order valence-corrected chi connectivity index (χ1v) is 8.72. The fraction of sp³-hybridized carbons (Fsp3) is 0.769. The molecule has 1 aromatic heterocycles. The van der Waals surface area contributed by atoms with E-state index in [0.717, 1.165) is 31.6 Å². The van der Waals surface area contributed by atoms with Crippen molar-refractivity contribution in [3.05, 3.63) is 18.2 Å². The molecule has 1 aliphatic heterocycles. The number of hydrogen-bond acceptors (Lipinski definition) is 4. The van der Waals surface area contributed by atoms with Crippen LogP contribution in [0.1, 0.15) is 25.6 Å². The highest BCUT2D eigenvalue weighted by atomic mass is 32.2. The average molecular weight is 285 g/mol. The molecule has 1 N–H and O–H groups in total. The smallest absolute Gasteiger partial charge is 0.150 e. The Morgan fingerprint density at radius 2 is 2.37 bits per heavy atom. The zero-order chi connectivity index (χ0) is 13.9. The first-order valence-electron chi connectivity index (χ1n) is 6.90. The van der Waals surface area contributed by atoms with Gasteiger partial charge in [0.15, 0.2) is 9.84 Å². The molecule has 1 aromatic rings. The second-order valence-electron chi connectivity index (χ2n) is 5.42. The molecule has 2 atom stereocenters. The van der Waals surface area contributed by atoms with Crippen LogP contribution in [0.4, 0.5) is 0 Å². The van der Waals surface area contributed by atoms with Gasteiger partial charge < -0.3 is 9.88 Å². The highest BCUT2D eigenvalue weighted by Crippen LogP contribution is 2.23. The van der Waals surface area contributed by atoms with Gasteiger partial charge in [0, 0.05) is 31.9 Å². The van der Waals surface area contributed by atoms with E-state index in [1.165, 1.54) is 0 Å². The molecule has 2 heterocycles. The van der Waals surface area contributed by atoms with Gasteiger partial charge in [-0.1, -0.05) is 6.92 Å². The Morgan fingerprint density at radius 1 is 1.58 bits per heavy atom. The van der Waals surface area contributed by atoms with E-state index in [9.17, 15) is 8.42 Å². The van der Waals surface area contributed by atoms with E-state index in [1.54, 1.807) is 6.20 Å². The third kappa shape index (κ3) is 4.04. The van der Waals surface area contributed by atoms with Crippen molar-refractivity contribution in [2.45, 2.75) is 32.2 Å². The Bertz CT molecular complexity index is 510. The summed E-state index contributed by atoms with van der Waals surface area (Å²) in [7, 11) is -0.783. The zero-order valence-corrected chi connectivity index (χ0v) is 12.5. The van der Waals surface area contributed by atoms with E-state index in [2.05, 4.69) is 17.2 Å². The molecule has 0 saturated carbocycles. The molecule has 0 aromatic carbocycles. The standard InChI is InChI=1S/C13H23N3O2S/c1-3-14-12(9-13-15-5-6-16(13)2)8-11-4-7-19(17,18)10-11/h5-6,11-12,14H,3-4,7-10H2,1-2H3. The fourth-order valence-corrected chi connectivity index (χ4v) is 4.68. The average Bonchev–Trinajstić information content (AvgIpc) is 2.86. The summed E-state index contributed by atoms with van der Waals surface area (Å²) in [5, 5.41) is 3.45. The van der Waals surface area contributed by atoms with Crippen molar-refractivity contribution in [2.24, 2.45) is 13.0 Å². The maximum Gasteiger partial charge on any atom is 0.150 e. The Balaban J connectivity index is 1.95. The number of aromatic nitrogens is 2. The Hall–Kier alpha value is -0.880. The van der Waals surface area contributed by atoms with Crippen LogP contribution in [-0.2, 0) is 23.3 Å². The number of likely N-dealkylation sites (N-methyl/N-ethyl adjacent to an activating group) is 1. The maximum absolute atomic E-state index is 11.5. The van der Waals surface area contributed by atoms with E-state index >= 15 is 0 Å². The number of rotatable bonds is 6. The summed E-state index contributed by atoms with van der Waals surface area (Å²) in [6.07, 6.45) is 6.33. The SMILES string of the molecule is CCNC(Cc1nccn1C)CC1CCS(=O)(=O)C1. The maximum atomic E-state index is 11.5. The molecule has 19 heavy (non-hydrogen) atoms. The summed E-state index contributed by atoms with van der Waals surface area (Å²) >= 11 is 0. The van der Waals surface area contributed by atoms with E-state index in [0.29, 0.717) is 23.5 Å². The van der Waals surface area contributed by atoms with E-state index < -0.39 is 9.84 Å². The molecular formula is C13H23N3O2S. The van der Waals surface area contributed by atoms with E-state index in [-0.39, 0.29) is 0 Å². The molecule has 1 saturated heterocycles. The number of hydrogen-bond donors (Lipinski definition) is 1.